The Morgan fingerprint density at radius 1 is 1.55 bits per heavy atom. The molecule has 0 aliphatic carbocycles. The Morgan fingerprint density at radius 2 is 1.91 bits per heavy atom. The molecule has 0 aliphatic heterocycles. The molecule has 0 spiro atoms. The average molecular weight is 186 g/mol. The molecule has 0 heterocycles. The first-order valence-corrected chi connectivity index (χ1v) is 3.09. The van der Waals surface area contributed by atoms with E-state index in [1.807, 2.05) is 0 Å². The summed E-state index contributed by atoms with van der Waals surface area (Å²) in [5.41, 5.74) is 4.99. The minimum absolute atomic E-state index is 0. The predicted molar refractivity (Wildman–Crippen MR) is 42.6 cm³/mol. The zero-order chi connectivity index (χ0) is 8.31. The fourth-order valence-electron chi connectivity index (χ4n) is 0.551. The van der Waals surface area contributed by atoms with Gasteiger partial charge < -0.3 is 10.8 Å². The number of aliphatic carboxylic acids is 1. The smallest absolute Gasteiger partial charge is 0.323 e. The maximum atomic E-state index is 12.7. The highest BCUT2D eigenvalue weighted by molar-refractivity contribution is 5.85. The van der Waals surface area contributed by atoms with Crippen LogP contribution in [0.4, 0.5) is 4.39 Å². The minimum atomic E-state index is -1.46. The first-order chi connectivity index (χ1) is 4.46. The van der Waals surface area contributed by atoms with Gasteiger partial charge in [-0.3, -0.25) is 4.79 Å². The Morgan fingerprint density at radius 3 is 2.00 bits per heavy atom. The van der Waals surface area contributed by atoms with Gasteiger partial charge >= 0.3 is 5.97 Å². The van der Waals surface area contributed by atoms with Crippen LogP contribution in [-0.4, -0.2) is 23.3 Å². The lowest BCUT2D eigenvalue weighted by molar-refractivity contribution is -0.140. The van der Waals surface area contributed by atoms with Crippen molar-refractivity contribution in [3.8, 4) is 0 Å². The third-order valence-electron chi connectivity index (χ3n) is 1.27. The molecule has 0 aliphatic rings. The number of carboxylic acid groups (broad SMARTS) is 1. The van der Waals surface area contributed by atoms with E-state index in [0.717, 1.165) is 0 Å². The van der Waals surface area contributed by atoms with E-state index in [4.69, 9.17) is 10.8 Å². The van der Waals surface area contributed by atoms with Crippen LogP contribution < -0.4 is 5.73 Å². The second kappa shape index (κ2) is 5.32. The molecule has 2 atom stereocenters. The molecule has 0 aromatic heterocycles. The van der Waals surface area contributed by atoms with Crippen molar-refractivity contribution in [3.05, 3.63) is 0 Å². The molecule has 0 fully saturated rings. The van der Waals surface area contributed by atoms with Crippen molar-refractivity contribution in [1.29, 1.82) is 0 Å². The summed E-state index contributed by atoms with van der Waals surface area (Å²) in [6.07, 6.45) is -1.46. The van der Waals surface area contributed by atoms with Crippen LogP contribution >= 0.6 is 12.4 Å². The Balaban J connectivity index is 0. The Bertz CT molecular complexity index is 132. The van der Waals surface area contributed by atoms with E-state index in [1.54, 1.807) is 13.8 Å². The SMILES string of the molecule is CC(C)C(F)[C@H](N)C(=O)O.Cl. The molecule has 0 aromatic carbocycles. The van der Waals surface area contributed by atoms with E-state index in [2.05, 4.69) is 0 Å². The number of carboxylic acids is 1. The first-order valence-electron chi connectivity index (χ1n) is 3.09. The van der Waals surface area contributed by atoms with E-state index in [0.29, 0.717) is 0 Å². The lowest BCUT2D eigenvalue weighted by atomic mass is 10.0. The normalized spacial score (nSPS) is 15.4. The summed E-state index contributed by atoms with van der Waals surface area (Å²) in [7, 11) is 0. The molecule has 0 saturated carbocycles. The molecule has 0 rings (SSSR count). The van der Waals surface area contributed by atoms with Gasteiger partial charge in [0, 0.05) is 0 Å². The van der Waals surface area contributed by atoms with E-state index >= 15 is 0 Å². The highest BCUT2D eigenvalue weighted by Gasteiger charge is 2.26. The van der Waals surface area contributed by atoms with Gasteiger partial charge in [0.25, 0.3) is 0 Å². The molecular formula is C6H13ClFNO2. The molecule has 0 bridgehead atoms. The maximum absolute atomic E-state index is 12.7. The monoisotopic (exact) mass is 185 g/mol. The van der Waals surface area contributed by atoms with Crippen molar-refractivity contribution < 1.29 is 14.3 Å². The first kappa shape index (κ1) is 13.3. The summed E-state index contributed by atoms with van der Waals surface area (Å²) < 4.78 is 12.7. The van der Waals surface area contributed by atoms with Crippen molar-refractivity contribution in [2.75, 3.05) is 0 Å². The molecule has 3 N–H and O–H groups in total. The zero-order valence-corrected chi connectivity index (χ0v) is 7.27. The topological polar surface area (TPSA) is 63.3 Å². The zero-order valence-electron chi connectivity index (χ0n) is 6.45. The molecule has 68 valence electrons. The number of halogens is 2. The lowest BCUT2D eigenvalue weighted by Crippen LogP contribution is -2.41. The molecular weight excluding hydrogens is 173 g/mol. The number of hydrogen-bond donors (Lipinski definition) is 2. The molecule has 0 saturated heterocycles. The summed E-state index contributed by atoms with van der Waals surface area (Å²) in [4.78, 5) is 10.1. The van der Waals surface area contributed by atoms with E-state index in [1.165, 1.54) is 0 Å². The van der Waals surface area contributed by atoms with Gasteiger partial charge in [-0.25, -0.2) is 4.39 Å². The summed E-state index contributed by atoms with van der Waals surface area (Å²) >= 11 is 0. The van der Waals surface area contributed by atoms with E-state index in [-0.39, 0.29) is 18.3 Å². The molecule has 5 heteroatoms. The van der Waals surface area contributed by atoms with Gasteiger partial charge in [0.05, 0.1) is 0 Å². The molecule has 0 radical (unpaired) electrons. The second-order valence-electron chi connectivity index (χ2n) is 2.55. The number of alkyl halides is 1. The highest BCUT2D eigenvalue weighted by Crippen LogP contribution is 2.08. The number of rotatable bonds is 3. The largest absolute Gasteiger partial charge is 0.480 e. The lowest BCUT2D eigenvalue weighted by Gasteiger charge is -2.15. The Kier molecular flexibility index (Phi) is 6.41. The van der Waals surface area contributed by atoms with Crippen molar-refractivity contribution in [1.82, 2.24) is 0 Å². The predicted octanol–water partition coefficient (Wildman–Crippen LogP) is 0.814. The molecule has 1 unspecified atom stereocenters. The van der Waals surface area contributed by atoms with Gasteiger partial charge in [-0.15, -0.1) is 12.4 Å². The molecule has 3 nitrogen and oxygen atoms in total. The number of hydrogen-bond acceptors (Lipinski definition) is 2. The van der Waals surface area contributed by atoms with Crippen molar-refractivity contribution in [2.45, 2.75) is 26.1 Å². The number of nitrogens with two attached hydrogens (primary N) is 1. The van der Waals surface area contributed by atoms with Crippen molar-refractivity contribution >= 4 is 18.4 Å². The Labute approximate surface area is 71.2 Å². The number of carbonyl (C=O) groups is 1. The fraction of sp³-hybridized carbons (Fsp3) is 0.833. The summed E-state index contributed by atoms with van der Waals surface area (Å²) in [6.45, 7) is 3.18. The van der Waals surface area contributed by atoms with Crippen LogP contribution in [0.2, 0.25) is 0 Å². The summed E-state index contributed by atoms with van der Waals surface area (Å²) in [5.74, 6) is -1.63. The quantitative estimate of drug-likeness (QED) is 0.684. The van der Waals surface area contributed by atoms with Crippen LogP contribution in [0.3, 0.4) is 0 Å². The van der Waals surface area contributed by atoms with Crippen molar-refractivity contribution in [2.24, 2.45) is 11.7 Å². The third kappa shape index (κ3) is 4.16. The van der Waals surface area contributed by atoms with Crippen molar-refractivity contribution in [3.63, 3.8) is 0 Å². The molecule has 0 amide bonds. The minimum Gasteiger partial charge on any atom is -0.480 e. The van der Waals surface area contributed by atoms with Gasteiger partial charge in [0.2, 0.25) is 0 Å². The summed E-state index contributed by atoms with van der Waals surface area (Å²) in [6, 6.07) is -1.39. The van der Waals surface area contributed by atoms with Gasteiger partial charge in [-0.2, -0.15) is 0 Å². The highest BCUT2D eigenvalue weighted by atomic mass is 35.5. The standard InChI is InChI=1S/C6H12FNO2.ClH/c1-3(2)4(7)5(8)6(9)10;/h3-5H,8H2,1-2H3,(H,9,10);1H/t4?,5-;/m0./s1. The maximum Gasteiger partial charge on any atom is 0.323 e. The van der Waals surface area contributed by atoms with Crippen LogP contribution in [0.25, 0.3) is 0 Å². The van der Waals surface area contributed by atoms with Gasteiger partial charge in [-0.1, -0.05) is 13.8 Å². The van der Waals surface area contributed by atoms with Crippen LogP contribution in [0.5, 0.6) is 0 Å². The second-order valence-corrected chi connectivity index (χ2v) is 2.55. The molecule has 11 heavy (non-hydrogen) atoms. The van der Waals surface area contributed by atoms with Crippen LogP contribution in [0, 0.1) is 5.92 Å². The van der Waals surface area contributed by atoms with Crippen LogP contribution in [-0.2, 0) is 4.79 Å². The van der Waals surface area contributed by atoms with Gasteiger partial charge in [-0.05, 0) is 5.92 Å². The Hall–Kier alpha value is -0.350. The summed E-state index contributed by atoms with van der Waals surface area (Å²) in [5, 5.41) is 8.24. The fourth-order valence-corrected chi connectivity index (χ4v) is 0.551. The van der Waals surface area contributed by atoms with E-state index < -0.39 is 18.2 Å². The van der Waals surface area contributed by atoms with Gasteiger partial charge in [0.1, 0.15) is 12.2 Å². The van der Waals surface area contributed by atoms with Crippen LogP contribution in [0.15, 0.2) is 0 Å². The van der Waals surface area contributed by atoms with Crippen LogP contribution in [0.1, 0.15) is 13.8 Å². The van der Waals surface area contributed by atoms with Gasteiger partial charge in [0.15, 0.2) is 0 Å². The average Bonchev–Trinajstić information content (AvgIpc) is 1.84. The third-order valence-corrected chi connectivity index (χ3v) is 1.27. The molecule has 0 aromatic rings. The van der Waals surface area contributed by atoms with E-state index in [9.17, 15) is 9.18 Å².